The molecule has 3 aromatic rings. The normalized spacial score (nSPS) is 16.2. The van der Waals surface area contributed by atoms with Crippen molar-refractivity contribution in [2.75, 3.05) is 37.0 Å². The third kappa shape index (κ3) is 4.25. The fraction of sp³-hybridized carbons (Fsp3) is 0.318. The summed E-state index contributed by atoms with van der Waals surface area (Å²) in [6.07, 6.45) is 1.70. The fourth-order valence-electron chi connectivity index (χ4n) is 3.81. The molecule has 1 atom stereocenters. The number of aromatic nitrogens is 2. The van der Waals surface area contributed by atoms with E-state index in [1.807, 2.05) is 25.1 Å². The van der Waals surface area contributed by atoms with E-state index in [0.717, 1.165) is 12.8 Å². The molecule has 0 aliphatic carbocycles. The Bertz CT molecular complexity index is 1100. The van der Waals surface area contributed by atoms with Gasteiger partial charge in [-0.15, -0.1) is 0 Å². The van der Waals surface area contributed by atoms with Crippen LogP contribution in [0.1, 0.15) is 40.6 Å². The van der Waals surface area contributed by atoms with Gasteiger partial charge in [-0.2, -0.15) is 4.98 Å². The number of benzene rings is 2. The molecule has 4 rings (SSSR count). The predicted octanol–water partition coefficient (Wildman–Crippen LogP) is 3.66. The quantitative estimate of drug-likeness (QED) is 0.337. The number of hydrogen-bond donors (Lipinski definition) is 0. The van der Waals surface area contributed by atoms with Gasteiger partial charge in [0.15, 0.2) is 5.78 Å². The first kappa shape index (κ1) is 20.5. The molecule has 2 heterocycles. The molecular formula is C22H23N5O4. The van der Waals surface area contributed by atoms with Crippen LogP contribution < -0.4 is 9.80 Å². The minimum atomic E-state index is -0.433. The van der Waals surface area contributed by atoms with Crippen molar-refractivity contribution in [1.29, 1.82) is 0 Å². The number of piperidine rings is 1. The van der Waals surface area contributed by atoms with Gasteiger partial charge in [-0.1, -0.05) is 30.3 Å². The second kappa shape index (κ2) is 8.55. The van der Waals surface area contributed by atoms with Crippen molar-refractivity contribution >= 4 is 23.1 Å². The monoisotopic (exact) mass is 421 g/mol. The molecule has 31 heavy (non-hydrogen) atoms. The molecule has 1 saturated heterocycles. The van der Waals surface area contributed by atoms with Crippen LogP contribution in [-0.4, -0.2) is 48.0 Å². The molecule has 1 aliphatic rings. The summed E-state index contributed by atoms with van der Waals surface area (Å²) in [5, 5.41) is 15.8. The lowest BCUT2D eigenvalue weighted by atomic mass is 9.96. The van der Waals surface area contributed by atoms with Gasteiger partial charge in [0.1, 0.15) is 5.69 Å². The van der Waals surface area contributed by atoms with Crippen molar-refractivity contribution in [2.45, 2.75) is 18.8 Å². The van der Waals surface area contributed by atoms with Gasteiger partial charge >= 0.3 is 0 Å². The lowest BCUT2D eigenvalue weighted by Gasteiger charge is -2.32. The molecule has 2 aromatic carbocycles. The zero-order valence-electron chi connectivity index (χ0n) is 17.4. The highest BCUT2D eigenvalue weighted by Gasteiger charge is 2.30. The number of hydrogen-bond acceptors (Lipinski definition) is 8. The van der Waals surface area contributed by atoms with Crippen molar-refractivity contribution in [3.05, 3.63) is 75.7 Å². The zero-order chi connectivity index (χ0) is 22.0. The second-order valence-electron chi connectivity index (χ2n) is 7.77. The third-order valence-electron chi connectivity index (χ3n) is 5.41. The summed E-state index contributed by atoms with van der Waals surface area (Å²) in [6, 6.07) is 13.4. The van der Waals surface area contributed by atoms with Crippen LogP contribution in [0.5, 0.6) is 0 Å². The van der Waals surface area contributed by atoms with Gasteiger partial charge in [-0.3, -0.25) is 14.9 Å². The maximum Gasteiger partial charge on any atom is 0.293 e. The number of rotatable bonds is 6. The maximum atomic E-state index is 12.7. The highest BCUT2D eigenvalue weighted by Crippen LogP contribution is 2.35. The zero-order valence-corrected chi connectivity index (χ0v) is 17.4. The summed E-state index contributed by atoms with van der Waals surface area (Å²) in [4.78, 5) is 32.3. The molecule has 1 aromatic heterocycles. The second-order valence-corrected chi connectivity index (χ2v) is 7.77. The van der Waals surface area contributed by atoms with Crippen LogP contribution in [0.25, 0.3) is 0 Å². The average Bonchev–Trinajstić information content (AvgIpc) is 3.30. The fourth-order valence-corrected chi connectivity index (χ4v) is 3.81. The molecule has 0 amide bonds. The topological polar surface area (TPSA) is 106 Å². The molecule has 0 saturated carbocycles. The predicted molar refractivity (Wildman–Crippen MR) is 116 cm³/mol. The average molecular weight is 421 g/mol. The number of nitrogens with zero attached hydrogens (tertiary/aromatic N) is 5. The van der Waals surface area contributed by atoms with Crippen LogP contribution in [0.15, 0.2) is 53.1 Å². The Hall–Kier alpha value is -3.75. The molecule has 160 valence electrons. The van der Waals surface area contributed by atoms with E-state index in [1.54, 1.807) is 41.3 Å². The van der Waals surface area contributed by atoms with E-state index in [4.69, 9.17) is 4.52 Å². The Kier molecular flexibility index (Phi) is 5.66. The van der Waals surface area contributed by atoms with Gasteiger partial charge in [0.25, 0.3) is 11.6 Å². The highest BCUT2D eigenvalue weighted by molar-refractivity contribution is 6.09. The first-order valence-electron chi connectivity index (χ1n) is 10.1. The van der Waals surface area contributed by atoms with Gasteiger partial charge in [-0.05, 0) is 30.1 Å². The number of carbonyl (C=O) groups is 1. The van der Waals surface area contributed by atoms with Gasteiger partial charge in [-0.25, -0.2) is 0 Å². The molecule has 9 nitrogen and oxygen atoms in total. The summed E-state index contributed by atoms with van der Waals surface area (Å²) in [5.74, 6) is 0.780. The minimum absolute atomic E-state index is 0.0137. The molecule has 1 unspecified atom stereocenters. The number of carbonyl (C=O) groups excluding carboxylic acids is 1. The van der Waals surface area contributed by atoms with Gasteiger partial charge in [0.05, 0.1) is 10.8 Å². The van der Waals surface area contributed by atoms with E-state index >= 15 is 0 Å². The van der Waals surface area contributed by atoms with Crippen molar-refractivity contribution in [3.8, 4) is 0 Å². The van der Waals surface area contributed by atoms with Crippen molar-refractivity contribution < 1.29 is 14.2 Å². The van der Waals surface area contributed by atoms with Crippen LogP contribution in [0.3, 0.4) is 0 Å². The lowest BCUT2D eigenvalue weighted by Crippen LogP contribution is -2.35. The molecule has 0 N–H and O–H groups in total. The van der Waals surface area contributed by atoms with E-state index < -0.39 is 4.92 Å². The smallest absolute Gasteiger partial charge is 0.293 e. The maximum absolute atomic E-state index is 12.7. The SMILES string of the molecule is CN(C)c1noc(C2CCCN(c3ccc(C(=O)c4ccccc4)cc3[N+](=O)[O-])C2)n1. The Morgan fingerprint density at radius 2 is 1.97 bits per heavy atom. The summed E-state index contributed by atoms with van der Waals surface area (Å²) >= 11 is 0. The largest absolute Gasteiger partial charge is 0.365 e. The summed E-state index contributed by atoms with van der Waals surface area (Å²) in [7, 11) is 3.67. The first-order valence-corrected chi connectivity index (χ1v) is 10.1. The van der Waals surface area contributed by atoms with Gasteiger partial charge in [0, 0.05) is 44.4 Å². The molecular weight excluding hydrogens is 398 g/mol. The molecule has 0 spiro atoms. The van der Waals surface area contributed by atoms with Crippen molar-refractivity contribution in [1.82, 2.24) is 10.1 Å². The Morgan fingerprint density at radius 3 is 2.65 bits per heavy atom. The first-order chi connectivity index (χ1) is 14.9. The van der Waals surface area contributed by atoms with E-state index in [2.05, 4.69) is 10.1 Å². The van der Waals surface area contributed by atoms with Crippen molar-refractivity contribution in [3.63, 3.8) is 0 Å². The third-order valence-corrected chi connectivity index (χ3v) is 5.41. The highest BCUT2D eigenvalue weighted by atomic mass is 16.6. The molecule has 0 radical (unpaired) electrons. The summed E-state index contributed by atoms with van der Waals surface area (Å²) < 4.78 is 5.42. The Balaban J connectivity index is 1.60. The van der Waals surface area contributed by atoms with E-state index in [-0.39, 0.29) is 17.4 Å². The minimum Gasteiger partial charge on any atom is -0.365 e. The van der Waals surface area contributed by atoms with Crippen LogP contribution in [0.4, 0.5) is 17.3 Å². The van der Waals surface area contributed by atoms with Crippen LogP contribution in [0, 0.1) is 10.1 Å². The van der Waals surface area contributed by atoms with E-state index in [9.17, 15) is 14.9 Å². The summed E-state index contributed by atoms with van der Waals surface area (Å²) in [6.45, 7) is 1.21. The number of nitro benzene ring substituents is 1. The van der Waals surface area contributed by atoms with Crippen LogP contribution in [-0.2, 0) is 0 Å². The summed E-state index contributed by atoms with van der Waals surface area (Å²) in [5.41, 5.74) is 1.20. The van der Waals surface area contributed by atoms with Gasteiger partial charge in [0.2, 0.25) is 5.89 Å². The standard InChI is InChI=1S/C22H23N5O4/c1-25(2)22-23-21(31-24-22)17-9-6-12-26(14-17)18-11-10-16(13-19(18)27(29)30)20(28)15-7-4-3-5-8-15/h3-5,7-8,10-11,13,17H,6,9,12,14H2,1-2H3. The number of ketones is 1. The van der Waals surface area contributed by atoms with Gasteiger partial charge < -0.3 is 14.3 Å². The van der Waals surface area contributed by atoms with E-state index in [1.165, 1.54) is 6.07 Å². The van der Waals surface area contributed by atoms with Crippen LogP contribution >= 0.6 is 0 Å². The van der Waals surface area contributed by atoms with Crippen LogP contribution in [0.2, 0.25) is 0 Å². The number of nitro groups is 1. The molecule has 9 heteroatoms. The Labute approximate surface area is 179 Å². The number of anilines is 2. The van der Waals surface area contributed by atoms with E-state index in [0.29, 0.717) is 41.7 Å². The molecule has 1 aliphatic heterocycles. The molecule has 1 fully saturated rings. The lowest BCUT2D eigenvalue weighted by molar-refractivity contribution is -0.384. The Morgan fingerprint density at radius 1 is 1.19 bits per heavy atom. The van der Waals surface area contributed by atoms with Crippen molar-refractivity contribution in [2.24, 2.45) is 0 Å². The molecule has 0 bridgehead atoms.